The lowest BCUT2D eigenvalue weighted by Crippen LogP contribution is -2.00. The number of methoxy groups -OCH3 is 1. The zero-order chi connectivity index (χ0) is 19.7. The van der Waals surface area contributed by atoms with Crippen molar-refractivity contribution >= 4 is 34.3 Å². The fraction of sp³-hybridized carbons (Fsp3) is 0.150. The minimum absolute atomic E-state index is 0.408. The molecule has 0 aliphatic rings. The predicted molar refractivity (Wildman–Crippen MR) is 108 cm³/mol. The highest BCUT2D eigenvalue weighted by Gasteiger charge is 2.13. The van der Waals surface area contributed by atoms with Gasteiger partial charge in [-0.2, -0.15) is 0 Å². The summed E-state index contributed by atoms with van der Waals surface area (Å²) in [6, 6.07) is 12.4. The van der Waals surface area contributed by atoms with E-state index in [2.05, 4.69) is 10.2 Å². The van der Waals surface area contributed by atoms with Gasteiger partial charge in [0, 0.05) is 27.8 Å². The van der Waals surface area contributed by atoms with Gasteiger partial charge >= 0.3 is 5.63 Å². The molecule has 4 rings (SSSR count). The Morgan fingerprint density at radius 1 is 1.11 bits per heavy atom. The highest BCUT2D eigenvalue weighted by Crippen LogP contribution is 2.30. The van der Waals surface area contributed by atoms with E-state index in [1.54, 1.807) is 13.2 Å². The molecule has 0 atom stereocenters. The first kappa shape index (κ1) is 18.6. The molecule has 0 bridgehead atoms. The van der Waals surface area contributed by atoms with Crippen LogP contribution in [-0.4, -0.2) is 17.3 Å². The van der Waals surface area contributed by atoms with Gasteiger partial charge in [-0.1, -0.05) is 23.4 Å². The third kappa shape index (κ3) is 3.76. The number of halogens is 1. The van der Waals surface area contributed by atoms with E-state index >= 15 is 0 Å². The molecule has 2 heterocycles. The summed E-state index contributed by atoms with van der Waals surface area (Å²) in [6.07, 6.45) is 0. The van der Waals surface area contributed by atoms with Crippen LogP contribution >= 0.6 is 23.4 Å². The first-order chi connectivity index (χ1) is 13.5. The average molecular weight is 415 g/mol. The topological polar surface area (TPSA) is 78.4 Å². The third-order valence-electron chi connectivity index (χ3n) is 4.20. The van der Waals surface area contributed by atoms with Crippen molar-refractivity contribution in [3.05, 3.63) is 69.0 Å². The van der Waals surface area contributed by atoms with E-state index < -0.39 is 5.63 Å². The number of nitrogens with zero attached hydrogens (tertiary/aromatic N) is 2. The number of hydrogen-bond acceptors (Lipinski definition) is 7. The van der Waals surface area contributed by atoms with Crippen LogP contribution in [0.1, 0.15) is 11.1 Å². The number of thioether (sulfide) groups is 1. The molecule has 0 fully saturated rings. The van der Waals surface area contributed by atoms with Gasteiger partial charge in [0.15, 0.2) is 0 Å². The van der Waals surface area contributed by atoms with Crippen molar-refractivity contribution in [1.82, 2.24) is 10.2 Å². The molecule has 2 aromatic heterocycles. The Bertz CT molecular complexity index is 1200. The minimum Gasteiger partial charge on any atom is -0.497 e. The largest absolute Gasteiger partial charge is 0.497 e. The maximum absolute atomic E-state index is 11.9. The van der Waals surface area contributed by atoms with Crippen LogP contribution in [0.4, 0.5) is 0 Å². The molecule has 28 heavy (non-hydrogen) atoms. The Kier molecular flexibility index (Phi) is 5.11. The Hall–Kier alpha value is -2.77. The standard InChI is InChI=1S/C20H15ClN2O4S/c1-11-7-17-15(9-16(11)21)13(8-18(24)26-17)10-28-20-23-22-19(27-20)12-3-5-14(25-2)6-4-12/h3-9H,10H2,1-2H3. The molecule has 0 spiro atoms. The second-order valence-corrected chi connectivity index (χ2v) is 7.41. The highest BCUT2D eigenvalue weighted by molar-refractivity contribution is 7.98. The fourth-order valence-corrected chi connectivity index (χ4v) is 3.64. The number of ether oxygens (including phenoxy) is 1. The molecule has 0 aliphatic heterocycles. The zero-order valence-corrected chi connectivity index (χ0v) is 16.6. The molecule has 6 nitrogen and oxygen atoms in total. The Morgan fingerprint density at radius 3 is 2.64 bits per heavy atom. The molecule has 8 heteroatoms. The number of aryl methyl sites for hydroxylation is 1. The van der Waals surface area contributed by atoms with Gasteiger partial charge in [-0.25, -0.2) is 4.79 Å². The molecule has 0 saturated heterocycles. The summed E-state index contributed by atoms with van der Waals surface area (Å²) < 4.78 is 16.2. The van der Waals surface area contributed by atoms with E-state index in [1.165, 1.54) is 17.8 Å². The highest BCUT2D eigenvalue weighted by atomic mass is 35.5. The van der Waals surface area contributed by atoms with E-state index in [4.69, 9.17) is 25.2 Å². The summed E-state index contributed by atoms with van der Waals surface area (Å²) in [5, 5.41) is 9.97. The van der Waals surface area contributed by atoms with Gasteiger partial charge in [-0.3, -0.25) is 0 Å². The number of rotatable bonds is 5. The molecule has 0 N–H and O–H groups in total. The summed E-state index contributed by atoms with van der Waals surface area (Å²) in [7, 11) is 1.61. The SMILES string of the molecule is COc1ccc(-c2nnc(SCc3cc(=O)oc4cc(C)c(Cl)cc34)o2)cc1. The van der Waals surface area contributed by atoms with E-state index in [0.717, 1.165) is 27.8 Å². The zero-order valence-electron chi connectivity index (χ0n) is 15.1. The number of hydrogen-bond donors (Lipinski definition) is 0. The molecule has 0 unspecified atom stereocenters. The second-order valence-electron chi connectivity index (χ2n) is 6.08. The predicted octanol–water partition coefficient (Wildman–Crippen LogP) is 5.11. The maximum atomic E-state index is 11.9. The normalized spacial score (nSPS) is 11.1. The van der Waals surface area contributed by atoms with Crippen LogP contribution < -0.4 is 10.4 Å². The molecule has 0 saturated carbocycles. The minimum atomic E-state index is -0.408. The van der Waals surface area contributed by atoms with E-state index in [9.17, 15) is 4.79 Å². The number of benzene rings is 2. The van der Waals surface area contributed by atoms with Crippen molar-refractivity contribution in [3.8, 4) is 17.2 Å². The van der Waals surface area contributed by atoms with E-state index in [1.807, 2.05) is 37.3 Å². The van der Waals surface area contributed by atoms with E-state index in [-0.39, 0.29) is 0 Å². The van der Waals surface area contributed by atoms with Crippen LogP contribution in [0.15, 0.2) is 61.3 Å². The van der Waals surface area contributed by atoms with Crippen molar-refractivity contribution in [2.75, 3.05) is 7.11 Å². The van der Waals surface area contributed by atoms with Gasteiger partial charge in [0.1, 0.15) is 11.3 Å². The van der Waals surface area contributed by atoms with Crippen LogP contribution in [0, 0.1) is 6.92 Å². The first-order valence-electron chi connectivity index (χ1n) is 8.37. The van der Waals surface area contributed by atoms with Gasteiger partial charge in [0.2, 0.25) is 5.89 Å². The van der Waals surface area contributed by atoms with Crippen LogP contribution in [0.2, 0.25) is 5.02 Å². The summed E-state index contributed by atoms with van der Waals surface area (Å²) in [5.41, 5.74) is 2.54. The molecule has 4 aromatic rings. The summed E-state index contributed by atoms with van der Waals surface area (Å²) in [6.45, 7) is 1.86. The molecular formula is C20H15ClN2O4S. The lowest BCUT2D eigenvalue weighted by atomic mass is 10.1. The summed E-state index contributed by atoms with van der Waals surface area (Å²) in [4.78, 5) is 11.9. The molecule has 0 radical (unpaired) electrons. The Morgan fingerprint density at radius 2 is 1.89 bits per heavy atom. The van der Waals surface area contributed by atoms with Crippen LogP contribution in [0.25, 0.3) is 22.4 Å². The summed E-state index contributed by atoms with van der Waals surface area (Å²) in [5.74, 6) is 1.63. The maximum Gasteiger partial charge on any atom is 0.336 e. The third-order valence-corrected chi connectivity index (χ3v) is 5.48. The molecular weight excluding hydrogens is 400 g/mol. The van der Waals surface area contributed by atoms with Gasteiger partial charge in [-0.15, -0.1) is 10.2 Å². The molecule has 0 amide bonds. The first-order valence-corrected chi connectivity index (χ1v) is 9.73. The average Bonchev–Trinajstić information content (AvgIpc) is 3.16. The molecule has 142 valence electrons. The van der Waals surface area contributed by atoms with Gasteiger partial charge in [0.05, 0.1) is 7.11 Å². The quantitative estimate of drug-likeness (QED) is 0.332. The smallest absolute Gasteiger partial charge is 0.336 e. The van der Waals surface area contributed by atoms with Crippen LogP contribution in [-0.2, 0) is 5.75 Å². The Balaban J connectivity index is 1.57. The van der Waals surface area contributed by atoms with Crippen LogP contribution in [0.5, 0.6) is 5.75 Å². The second kappa shape index (κ2) is 7.69. The Labute approximate surface area is 169 Å². The number of aromatic nitrogens is 2. The van der Waals surface area contributed by atoms with E-state index in [0.29, 0.717) is 27.5 Å². The fourth-order valence-electron chi connectivity index (χ4n) is 2.73. The van der Waals surface area contributed by atoms with Crippen molar-refractivity contribution < 1.29 is 13.6 Å². The van der Waals surface area contributed by atoms with Gasteiger partial charge < -0.3 is 13.6 Å². The number of fused-ring (bicyclic) bond motifs is 1. The molecule has 0 aliphatic carbocycles. The van der Waals surface area contributed by atoms with Crippen molar-refractivity contribution in [3.63, 3.8) is 0 Å². The monoisotopic (exact) mass is 414 g/mol. The molecule has 2 aromatic carbocycles. The lowest BCUT2D eigenvalue weighted by Gasteiger charge is -2.06. The van der Waals surface area contributed by atoms with Crippen molar-refractivity contribution in [1.29, 1.82) is 0 Å². The van der Waals surface area contributed by atoms with Crippen molar-refractivity contribution in [2.45, 2.75) is 17.9 Å². The lowest BCUT2D eigenvalue weighted by molar-refractivity contribution is 0.414. The van der Waals surface area contributed by atoms with Crippen molar-refractivity contribution in [2.24, 2.45) is 0 Å². The summed E-state index contributed by atoms with van der Waals surface area (Å²) >= 11 is 7.57. The van der Waals surface area contributed by atoms with Crippen LogP contribution in [0.3, 0.4) is 0 Å². The van der Waals surface area contributed by atoms with Gasteiger partial charge in [0.25, 0.3) is 5.22 Å². The van der Waals surface area contributed by atoms with Gasteiger partial charge in [-0.05, 0) is 54.4 Å².